The van der Waals surface area contributed by atoms with E-state index in [0.29, 0.717) is 27.9 Å². The lowest BCUT2D eigenvalue weighted by atomic mass is 9.99. The van der Waals surface area contributed by atoms with Crippen molar-refractivity contribution in [1.29, 1.82) is 0 Å². The Bertz CT molecular complexity index is 1820. The molecule has 0 saturated carbocycles. The zero-order chi connectivity index (χ0) is 30.9. The van der Waals surface area contributed by atoms with Crippen LogP contribution in [0.25, 0.3) is 5.00 Å². The fraction of sp³-hybridized carbons (Fsp3) is 0.241. The third kappa shape index (κ3) is 7.12. The number of aromatic nitrogens is 3. The summed E-state index contributed by atoms with van der Waals surface area (Å²) in [6, 6.07) is 12.8. The van der Waals surface area contributed by atoms with E-state index in [4.69, 9.17) is 32.1 Å². The Morgan fingerprint density at radius 3 is 2.53 bits per heavy atom. The van der Waals surface area contributed by atoms with Gasteiger partial charge in [-0.1, -0.05) is 35.6 Å². The quantitative estimate of drug-likeness (QED) is 0.168. The summed E-state index contributed by atoms with van der Waals surface area (Å²) in [5, 5.41) is 13.3. The molecule has 11 nitrogen and oxygen atoms in total. The smallest absolute Gasteiger partial charge is 0.326 e. The van der Waals surface area contributed by atoms with Crippen molar-refractivity contribution in [2.45, 2.75) is 39.3 Å². The molecule has 222 valence electrons. The number of carbonyl (C=O) groups excluding carboxylic acids is 1. The van der Waals surface area contributed by atoms with Crippen LogP contribution < -0.4 is 11.1 Å². The van der Waals surface area contributed by atoms with Crippen molar-refractivity contribution in [3.63, 3.8) is 0 Å². The highest BCUT2D eigenvalue weighted by molar-refractivity contribution is 7.46. The predicted molar refractivity (Wildman–Crippen MR) is 166 cm³/mol. The van der Waals surface area contributed by atoms with E-state index in [0.717, 1.165) is 32.3 Å². The van der Waals surface area contributed by atoms with Gasteiger partial charge in [-0.25, -0.2) is 4.57 Å². The zero-order valence-corrected chi connectivity index (χ0v) is 25.9. The number of benzene rings is 2. The van der Waals surface area contributed by atoms with E-state index < -0.39 is 26.5 Å². The highest BCUT2D eigenvalue weighted by Crippen LogP contribution is 2.40. The van der Waals surface area contributed by atoms with E-state index in [9.17, 15) is 9.36 Å². The van der Waals surface area contributed by atoms with Crippen molar-refractivity contribution >= 4 is 48.1 Å². The minimum absolute atomic E-state index is 0.0260. The summed E-state index contributed by atoms with van der Waals surface area (Å²) in [5.74, 6) is 6.53. The number of nitrogens with zero attached hydrogens (tertiary/aromatic N) is 4. The maximum Gasteiger partial charge on any atom is 0.469 e. The average molecular weight is 639 g/mol. The van der Waals surface area contributed by atoms with Crippen LogP contribution in [0.2, 0.25) is 5.02 Å². The monoisotopic (exact) mass is 638 g/mol. The average Bonchev–Trinajstić information content (AvgIpc) is 3.43. The molecule has 1 aliphatic heterocycles. The molecule has 5 rings (SSSR count). The number of aliphatic imine (C=N–C) groups is 1. The SMILES string of the molecule is Cc1sc2c(c1C)C(c1ccc(Cl)cc1)=N[C@@H](CC(=O)Nc1ccc(C#CC(N)COP(=O)(O)O)cc1)c1nnc(C)n1-2. The second-order valence-corrected chi connectivity index (χ2v) is 12.8. The Labute approximate surface area is 257 Å². The first-order valence-corrected chi connectivity index (χ1v) is 15.9. The normalized spacial score (nSPS) is 15.0. The molecule has 0 fully saturated rings. The molecular weight excluding hydrogens is 611 g/mol. The number of hydrogen-bond acceptors (Lipinski definition) is 8. The molecule has 0 spiro atoms. The molecule has 5 N–H and O–H groups in total. The maximum atomic E-state index is 13.3. The molecular formula is C29H28ClN6O5PS. The number of amides is 1. The Hall–Kier alpha value is -3.66. The number of fused-ring (bicyclic) bond motifs is 3. The van der Waals surface area contributed by atoms with Gasteiger partial charge in [0, 0.05) is 32.3 Å². The number of phosphoric ester groups is 1. The molecule has 0 saturated heterocycles. The summed E-state index contributed by atoms with van der Waals surface area (Å²) in [5.41, 5.74) is 10.6. The fourth-order valence-electron chi connectivity index (χ4n) is 4.55. The number of carbonyl (C=O) groups is 1. The topological polar surface area (TPSA) is 165 Å². The van der Waals surface area contributed by atoms with Crippen LogP contribution in [-0.2, 0) is 13.9 Å². The lowest BCUT2D eigenvalue weighted by Crippen LogP contribution is -2.23. The van der Waals surface area contributed by atoms with E-state index in [2.05, 4.69) is 45.7 Å². The van der Waals surface area contributed by atoms with Crippen LogP contribution in [0.15, 0.2) is 53.5 Å². The first kappa shape index (κ1) is 30.8. The van der Waals surface area contributed by atoms with Crippen molar-refractivity contribution in [3.05, 3.63) is 92.3 Å². The second kappa shape index (κ2) is 12.5. The van der Waals surface area contributed by atoms with Crippen molar-refractivity contribution in [2.24, 2.45) is 10.7 Å². The zero-order valence-electron chi connectivity index (χ0n) is 23.4. The number of aryl methyl sites for hydroxylation is 2. The van der Waals surface area contributed by atoms with E-state index in [-0.39, 0.29) is 12.3 Å². The van der Waals surface area contributed by atoms with Gasteiger partial charge in [0.15, 0.2) is 5.82 Å². The van der Waals surface area contributed by atoms with Crippen LogP contribution >= 0.6 is 30.8 Å². The third-order valence-electron chi connectivity index (χ3n) is 6.73. The van der Waals surface area contributed by atoms with E-state index in [1.807, 2.05) is 35.8 Å². The summed E-state index contributed by atoms with van der Waals surface area (Å²) in [6.45, 7) is 5.62. The van der Waals surface area contributed by atoms with E-state index >= 15 is 0 Å². The molecule has 4 aromatic rings. The Morgan fingerprint density at radius 1 is 1.16 bits per heavy atom. The summed E-state index contributed by atoms with van der Waals surface area (Å²) in [7, 11) is -4.61. The number of thiophene rings is 1. The van der Waals surface area contributed by atoms with Crippen LogP contribution in [0.4, 0.5) is 5.69 Å². The van der Waals surface area contributed by atoms with Gasteiger partial charge in [-0.3, -0.25) is 18.9 Å². The minimum atomic E-state index is -4.61. The highest BCUT2D eigenvalue weighted by Gasteiger charge is 2.32. The van der Waals surface area contributed by atoms with Gasteiger partial charge in [0.05, 0.1) is 24.8 Å². The lowest BCUT2D eigenvalue weighted by molar-refractivity contribution is -0.116. The van der Waals surface area contributed by atoms with Crippen LogP contribution in [0, 0.1) is 32.6 Å². The van der Waals surface area contributed by atoms with Gasteiger partial charge < -0.3 is 20.8 Å². The Balaban J connectivity index is 1.38. The fourth-order valence-corrected chi connectivity index (χ4v) is 6.25. The minimum Gasteiger partial charge on any atom is -0.326 e. The third-order valence-corrected chi connectivity index (χ3v) is 8.66. The number of rotatable bonds is 7. The van der Waals surface area contributed by atoms with Gasteiger partial charge in [-0.15, -0.1) is 21.5 Å². The van der Waals surface area contributed by atoms with Gasteiger partial charge in [0.1, 0.15) is 16.9 Å². The number of nitrogens with one attached hydrogen (secondary N) is 1. The van der Waals surface area contributed by atoms with Crippen molar-refractivity contribution < 1.29 is 23.7 Å². The Morgan fingerprint density at radius 2 is 1.86 bits per heavy atom. The standard InChI is InChI=1S/C29H28ClN6O5PS/c1-16-17(2)43-29-26(16)27(20-7-9-21(30)10-8-20)33-24(28-35-34-18(3)36(28)29)14-25(37)32-23-12-5-19(6-13-23)4-11-22(31)15-41-42(38,39)40/h5-10,12-13,22,24H,14-15,31H2,1-3H3,(H,32,37)(H2,38,39,40)/t22?,24-/m0/s1. The molecule has 1 unspecified atom stereocenters. The van der Waals surface area contributed by atoms with Gasteiger partial charge in [0.25, 0.3) is 0 Å². The van der Waals surface area contributed by atoms with Gasteiger partial charge in [0.2, 0.25) is 5.91 Å². The first-order chi connectivity index (χ1) is 20.4. The molecule has 14 heteroatoms. The largest absolute Gasteiger partial charge is 0.469 e. The maximum absolute atomic E-state index is 13.3. The van der Waals surface area contributed by atoms with Gasteiger partial charge in [-0.2, -0.15) is 0 Å². The van der Waals surface area contributed by atoms with E-state index in [1.165, 1.54) is 0 Å². The summed E-state index contributed by atoms with van der Waals surface area (Å²) in [6.07, 6.45) is 0.0260. The van der Waals surface area contributed by atoms with Crippen molar-refractivity contribution in [1.82, 2.24) is 14.8 Å². The van der Waals surface area contributed by atoms with Crippen LogP contribution in [0.5, 0.6) is 0 Å². The van der Waals surface area contributed by atoms with Crippen LogP contribution in [0.3, 0.4) is 0 Å². The summed E-state index contributed by atoms with van der Waals surface area (Å²) < 4.78 is 17.2. The molecule has 1 amide bonds. The highest BCUT2D eigenvalue weighted by atomic mass is 35.5. The van der Waals surface area contributed by atoms with Gasteiger partial charge in [-0.05, 0) is 62.7 Å². The number of nitrogens with two attached hydrogens (primary N) is 1. The molecule has 2 aromatic heterocycles. The number of hydrogen-bond donors (Lipinski definition) is 4. The molecule has 2 aromatic carbocycles. The Kier molecular flexibility index (Phi) is 8.96. The number of phosphoric acid groups is 1. The number of anilines is 1. The van der Waals surface area contributed by atoms with Crippen molar-refractivity contribution in [3.8, 4) is 16.8 Å². The molecule has 0 radical (unpaired) electrons. The molecule has 0 aliphatic carbocycles. The van der Waals surface area contributed by atoms with Crippen molar-refractivity contribution in [2.75, 3.05) is 11.9 Å². The van der Waals surface area contributed by atoms with Crippen LogP contribution in [0.1, 0.15) is 51.2 Å². The summed E-state index contributed by atoms with van der Waals surface area (Å²) >= 11 is 7.82. The van der Waals surface area contributed by atoms with E-state index in [1.54, 1.807) is 35.6 Å². The molecule has 2 atom stereocenters. The molecule has 43 heavy (non-hydrogen) atoms. The summed E-state index contributed by atoms with van der Waals surface area (Å²) in [4.78, 5) is 37.1. The predicted octanol–water partition coefficient (Wildman–Crippen LogP) is 4.62. The van der Waals surface area contributed by atoms with Gasteiger partial charge >= 0.3 is 7.82 Å². The van der Waals surface area contributed by atoms with Crippen LogP contribution in [-0.4, -0.2) is 48.8 Å². The number of halogens is 1. The molecule has 1 aliphatic rings. The second-order valence-electron chi connectivity index (χ2n) is 9.90. The molecule has 3 heterocycles. The lowest BCUT2D eigenvalue weighted by Gasteiger charge is -2.13. The first-order valence-electron chi connectivity index (χ1n) is 13.1. The molecule has 0 bridgehead atoms.